The van der Waals surface area contributed by atoms with Crippen LogP contribution in [0.25, 0.3) is 0 Å². The van der Waals surface area contributed by atoms with E-state index in [0.29, 0.717) is 0 Å². The molecule has 3 heteroatoms. The standard InChI is InChI=1S/C20H17N3/c1-3-8-15(9-4-1)18-19(16-10-5-2-6-11-16)23-20(22-18)17-12-7-13-21-14-17/h1-14,18-19H,(H,22,23)/t18-,19-/m1/s1. The highest BCUT2D eigenvalue weighted by atomic mass is 15.1. The second-order valence-electron chi connectivity index (χ2n) is 5.61. The molecule has 3 aromatic rings. The third-order valence-electron chi connectivity index (χ3n) is 4.11. The van der Waals surface area contributed by atoms with Crippen molar-refractivity contribution < 1.29 is 0 Å². The number of hydrogen-bond acceptors (Lipinski definition) is 3. The Kier molecular flexibility index (Phi) is 3.60. The van der Waals surface area contributed by atoms with Crippen molar-refractivity contribution in [2.45, 2.75) is 12.1 Å². The molecule has 1 aromatic heterocycles. The van der Waals surface area contributed by atoms with Gasteiger partial charge in [0.15, 0.2) is 0 Å². The molecule has 2 heterocycles. The van der Waals surface area contributed by atoms with Crippen LogP contribution in [0.1, 0.15) is 28.8 Å². The summed E-state index contributed by atoms with van der Waals surface area (Å²) in [6, 6.07) is 25.1. The van der Waals surface area contributed by atoms with E-state index in [4.69, 9.17) is 4.99 Å². The maximum absolute atomic E-state index is 4.95. The molecule has 23 heavy (non-hydrogen) atoms. The van der Waals surface area contributed by atoms with E-state index in [1.807, 2.05) is 30.5 Å². The first kappa shape index (κ1) is 13.7. The quantitative estimate of drug-likeness (QED) is 0.796. The molecule has 0 bridgehead atoms. The summed E-state index contributed by atoms with van der Waals surface area (Å²) < 4.78 is 0. The van der Waals surface area contributed by atoms with Crippen LogP contribution in [0.2, 0.25) is 0 Å². The van der Waals surface area contributed by atoms with Crippen LogP contribution in [0.5, 0.6) is 0 Å². The first-order valence-corrected chi connectivity index (χ1v) is 7.76. The number of aromatic nitrogens is 1. The summed E-state index contributed by atoms with van der Waals surface area (Å²) in [6.07, 6.45) is 3.63. The minimum Gasteiger partial charge on any atom is -0.360 e. The van der Waals surface area contributed by atoms with Crippen molar-refractivity contribution in [2.75, 3.05) is 0 Å². The lowest BCUT2D eigenvalue weighted by molar-refractivity contribution is 0.572. The molecule has 0 spiro atoms. The molecule has 0 aliphatic carbocycles. The number of hydrogen-bond donors (Lipinski definition) is 1. The number of benzene rings is 2. The van der Waals surface area contributed by atoms with Crippen molar-refractivity contribution in [3.63, 3.8) is 0 Å². The maximum Gasteiger partial charge on any atom is 0.131 e. The van der Waals surface area contributed by atoms with E-state index in [9.17, 15) is 0 Å². The van der Waals surface area contributed by atoms with Crippen LogP contribution >= 0.6 is 0 Å². The van der Waals surface area contributed by atoms with Crippen LogP contribution in [0.15, 0.2) is 90.2 Å². The molecule has 3 nitrogen and oxygen atoms in total. The molecular formula is C20H17N3. The van der Waals surface area contributed by atoms with Gasteiger partial charge in [0.25, 0.3) is 0 Å². The second kappa shape index (κ2) is 6.05. The second-order valence-corrected chi connectivity index (χ2v) is 5.61. The predicted molar refractivity (Wildman–Crippen MR) is 92.3 cm³/mol. The van der Waals surface area contributed by atoms with Crippen molar-refractivity contribution in [3.05, 3.63) is 102 Å². The number of pyridine rings is 1. The van der Waals surface area contributed by atoms with Gasteiger partial charge in [0.05, 0.1) is 6.04 Å². The van der Waals surface area contributed by atoms with Gasteiger partial charge in [-0.15, -0.1) is 0 Å². The minimum absolute atomic E-state index is 0.0637. The molecule has 0 saturated carbocycles. The summed E-state index contributed by atoms with van der Waals surface area (Å²) >= 11 is 0. The first-order valence-electron chi connectivity index (χ1n) is 7.76. The minimum atomic E-state index is 0.0637. The summed E-state index contributed by atoms with van der Waals surface area (Å²) in [4.78, 5) is 9.16. The fraction of sp³-hybridized carbons (Fsp3) is 0.100. The third-order valence-corrected chi connectivity index (χ3v) is 4.11. The van der Waals surface area contributed by atoms with Crippen molar-refractivity contribution in [1.82, 2.24) is 10.3 Å². The predicted octanol–water partition coefficient (Wildman–Crippen LogP) is 3.91. The van der Waals surface area contributed by atoms with Crippen molar-refractivity contribution in [2.24, 2.45) is 4.99 Å². The summed E-state index contributed by atoms with van der Waals surface area (Å²) in [5.41, 5.74) is 3.48. The zero-order valence-electron chi connectivity index (χ0n) is 12.6. The number of amidine groups is 1. The topological polar surface area (TPSA) is 37.3 Å². The van der Waals surface area contributed by atoms with Gasteiger partial charge < -0.3 is 5.32 Å². The van der Waals surface area contributed by atoms with E-state index in [-0.39, 0.29) is 12.1 Å². The lowest BCUT2D eigenvalue weighted by Gasteiger charge is -2.19. The normalized spacial score (nSPS) is 19.9. The Morgan fingerprint density at radius 2 is 1.43 bits per heavy atom. The van der Waals surface area contributed by atoms with Crippen LogP contribution in [0.4, 0.5) is 0 Å². The average molecular weight is 299 g/mol. The highest BCUT2D eigenvalue weighted by Gasteiger charge is 2.31. The Morgan fingerprint density at radius 1 is 0.739 bits per heavy atom. The monoisotopic (exact) mass is 299 g/mol. The zero-order chi connectivity index (χ0) is 15.5. The van der Waals surface area contributed by atoms with Gasteiger partial charge in [0, 0.05) is 18.0 Å². The lowest BCUT2D eigenvalue weighted by atomic mass is 9.95. The van der Waals surface area contributed by atoms with Crippen LogP contribution in [-0.4, -0.2) is 10.8 Å². The van der Waals surface area contributed by atoms with Crippen molar-refractivity contribution >= 4 is 5.84 Å². The highest BCUT2D eigenvalue weighted by Crippen LogP contribution is 2.36. The molecule has 0 unspecified atom stereocenters. The van der Waals surface area contributed by atoms with E-state index < -0.39 is 0 Å². The summed E-state index contributed by atoms with van der Waals surface area (Å²) in [6.45, 7) is 0. The average Bonchev–Trinajstić information content (AvgIpc) is 3.09. The molecule has 2 aromatic carbocycles. The van der Waals surface area contributed by atoms with E-state index in [1.54, 1.807) is 6.20 Å². The van der Waals surface area contributed by atoms with Crippen molar-refractivity contribution in [1.29, 1.82) is 0 Å². The van der Waals surface area contributed by atoms with Gasteiger partial charge in [0.1, 0.15) is 11.9 Å². The summed E-state index contributed by atoms with van der Waals surface area (Å²) in [5.74, 6) is 0.904. The Hall–Kier alpha value is -2.94. The Morgan fingerprint density at radius 3 is 2.09 bits per heavy atom. The number of aliphatic imine (C=N–C) groups is 1. The molecule has 0 amide bonds. The van der Waals surface area contributed by atoms with Crippen LogP contribution in [-0.2, 0) is 0 Å². The van der Waals surface area contributed by atoms with E-state index in [1.165, 1.54) is 11.1 Å². The van der Waals surface area contributed by atoms with E-state index in [0.717, 1.165) is 11.4 Å². The zero-order valence-corrected chi connectivity index (χ0v) is 12.6. The third kappa shape index (κ3) is 2.73. The summed E-state index contributed by atoms with van der Waals surface area (Å²) in [7, 11) is 0. The lowest BCUT2D eigenvalue weighted by Crippen LogP contribution is -2.25. The molecule has 0 fully saturated rings. The fourth-order valence-corrected chi connectivity index (χ4v) is 2.98. The smallest absolute Gasteiger partial charge is 0.131 e. The maximum atomic E-state index is 4.95. The SMILES string of the molecule is c1ccc([C@H]2N=C(c3cccnc3)N[C@@H]2c2ccccc2)cc1. The van der Waals surface area contributed by atoms with Gasteiger partial charge in [-0.2, -0.15) is 0 Å². The van der Waals surface area contributed by atoms with Gasteiger partial charge >= 0.3 is 0 Å². The van der Waals surface area contributed by atoms with Crippen LogP contribution in [0, 0.1) is 0 Å². The molecule has 1 aliphatic heterocycles. The Balaban J connectivity index is 1.75. The largest absolute Gasteiger partial charge is 0.360 e. The Bertz CT molecular complexity index is 798. The highest BCUT2D eigenvalue weighted by molar-refractivity contribution is 6.00. The number of nitrogens with one attached hydrogen (secondary N) is 1. The first-order chi connectivity index (χ1) is 11.4. The van der Waals surface area contributed by atoms with Crippen molar-refractivity contribution in [3.8, 4) is 0 Å². The van der Waals surface area contributed by atoms with Crippen LogP contribution in [0.3, 0.4) is 0 Å². The molecule has 1 N–H and O–H groups in total. The molecule has 2 atom stereocenters. The number of rotatable bonds is 3. The number of nitrogens with zero attached hydrogens (tertiary/aromatic N) is 2. The van der Waals surface area contributed by atoms with Gasteiger partial charge in [0.2, 0.25) is 0 Å². The molecular weight excluding hydrogens is 282 g/mol. The molecule has 1 aliphatic rings. The fourth-order valence-electron chi connectivity index (χ4n) is 2.98. The molecule has 112 valence electrons. The summed E-state index contributed by atoms with van der Waals surface area (Å²) in [5, 5.41) is 3.58. The van der Waals surface area contributed by atoms with Gasteiger partial charge in [-0.05, 0) is 23.3 Å². The van der Waals surface area contributed by atoms with E-state index >= 15 is 0 Å². The van der Waals surface area contributed by atoms with E-state index in [2.05, 4.69) is 58.8 Å². The van der Waals surface area contributed by atoms with Crippen LogP contribution < -0.4 is 5.32 Å². The van der Waals surface area contributed by atoms with Gasteiger partial charge in [-0.3, -0.25) is 9.98 Å². The Labute approximate surface area is 135 Å². The molecule has 0 saturated heterocycles. The van der Waals surface area contributed by atoms with Gasteiger partial charge in [-0.25, -0.2) is 0 Å². The van der Waals surface area contributed by atoms with Gasteiger partial charge in [-0.1, -0.05) is 60.7 Å². The molecule has 4 rings (SSSR count). The molecule has 0 radical (unpaired) electrons.